The van der Waals surface area contributed by atoms with Gasteiger partial charge in [0.1, 0.15) is 6.10 Å². The van der Waals surface area contributed by atoms with Gasteiger partial charge in [-0.1, -0.05) is 59.3 Å². The van der Waals surface area contributed by atoms with Crippen molar-refractivity contribution in [2.45, 2.75) is 24.5 Å². The highest BCUT2D eigenvalue weighted by atomic mass is 35.5. The van der Waals surface area contributed by atoms with Gasteiger partial charge in [-0.3, -0.25) is 4.90 Å². The molecule has 5 heteroatoms. The Bertz CT molecular complexity index is 786. The smallest absolute Gasteiger partial charge is 0.140 e. The van der Waals surface area contributed by atoms with Crippen LogP contribution in [0.3, 0.4) is 0 Å². The van der Waals surface area contributed by atoms with Crippen molar-refractivity contribution < 1.29 is 10.2 Å². The van der Waals surface area contributed by atoms with Gasteiger partial charge in [-0.25, -0.2) is 0 Å². The molecule has 1 saturated heterocycles. The van der Waals surface area contributed by atoms with E-state index in [0.29, 0.717) is 29.4 Å². The second-order valence-corrected chi connectivity index (χ2v) is 7.46. The number of likely N-dealkylation sites (tertiary alicyclic amines) is 1. The lowest BCUT2D eigenvalue weighted by molar-refractivity contribution is -0.0230. The van der Waals surface area contributed by atoms with Crippen molar-refractivity contribution in [2.75, 3.05) is 19.6 Å². The normalized spacial score (nSPS) is 18.0. The summed E-state index contributed by atoms with van der Waals surface area (Å²) < 4.78 is 0. The van der Waals surface area contributed by atoms with Crippen LogP contribution in [0.15, 0.2) is 48.5 Å². The van der Waals surface area contributed by atoms with Crippen molar-refractivity contribution in [1.82, 2.24) is 4.90 Å². The van der Waals surface area contributed by atoms with E-state index in [4.69, 9.17) is 23.2 Å². The minimum absolute atomic E-state index is 0.571. The quantitative estimate of drug-likeness (QED) is 0.779. The van der Waals surface area contributed by atoms with Gasteiger partial charge < -0.3 is 10.2 Å². The molecule has 1 aliphatic rings. The van der Waals surface area contributed by atoms with Crippen molar-refractivity contribution in [3.63, 3.8) is 0 Å². The van der Waals surface area contributed by atoms with Gasteiger partial charge in [0.15, 0.2) is 0 Å². The Morgan fingerprint density at radius 3 is 2.08 bits per heavy atom. The highest BCUT2D eigenvalue weighted by molar-refractivity contribution is 6.30. The summed E-state index contributed by atoms with van der Waals surface area (Å²) in [5, 5.41) is 22.3. The molecular formula is C21H21Cl2NO2. The van der Waals surface area contributed by atoms with Crippen LogP contribution in [0.2, 0.25) is 10.0 Å². The molecule has 2 aromatic rings. The second kappa shape index (κ2) is 8.43. The summed E-state index contributed by atoms with van der Waals surface area (Å²) in [7, 11) is 0. The number of piperidine rings is 1. The van der Waals surface area contributed by atoms with Crippen LogP contribution in [-0.2, 0) is 5.60 Å². The Labute approximate surface area is 164 Å². The van der Waals surface area contributed by atoms with E-state index in [0.717, 1.165) is 24.2 Å². The fraction of sp³-hybridized carbons (Fsp3) is 0.333. The maximum Gasteiger partial charge on any atom is 0.140 e. The van der Waals surface area contributed by atoms with Crippen LogP contribution in [0.1, 0.15) is 30.1 Å². The van der Waals surface area contributed by atoms with Gasteiger partial charge in [0.2, 0.25) is 0 Å². The monoisotopic (exact) mass is 389 g/mol. The number of aliphatic hydroxyl groups excluding tert-OH is 1. The molecule has 3 nitrogen and oxygen atoms in total. The zero-order valence-corrected chi connectivity index (χ0v) is 15.8. The number of benzene rings is 2. The summed E-state index contributed by atoms with van der Waals surface area (Å²) in [6.07, 6.45) is 0.481. The molecule has 0 saturated carbocycles. The molecule has 0 amide bonds. The van der Waals surface area contributed by atoms with Crippen LogP contribution in [0.25, 0.3) is 0 Å². The van der Waals surface area contributed by atoms with Crippen LogP contribution in [-0.4, -0.2) is 34.7 Å². The molecule has 0 radical (unpaired) electrons. The Morgan fingerprint density at radius 1 is 0.962 bits per heavy atom. The Kier molecular flexibility index (Phi) is 6.24. The minimum Gasteiger partial charge on any atom is -0.385 e. The molecule has 1 unspecified atom stereocenters. The summed E-state index contributed by atoms with van der Waals surface area (Å²) in [4.78, 5) is 2.19. The Hall–Kier alpha value is -1.54. The van der Waals surface area contributed by atoms with Crippen LogP contribution >= 0.6 is 23.2 Å². The lowest BCUT2D eigenvalue weighted by Crippen LogP contribution is -2.42. The first-order valence-corrected chi connectivity index (χ1v) is 9.35. The lowest BCUT2D eigenvalue weighted by Gasteiger charge is -2.37. The molecule has 0 aromatic heterocycles. The lowest BCUT2D eigenvalue weighted by atomic mass is 9.84. The van der Waals surface area contributed by atoms with Crippen molar-refractivity contribution in [3.05, 3.63) is 69.7 Å². The van der Waals surface area contributed by atoms with E-state index < -0.39 is 11.7 Å². The van der Waals surface area contributed by atoms with E-state index in [2.05, 4.69) is 16.7 Å². The zero-order chi connectivity index (χ0) is 18.6. The van der Waals surface area contributed by atoms with E-state index >= 15 is 0 Å². The molecule has 136 valence electrons. The number of nitrogens with zero attached hydrogens (tertiary/aromatic N) is 1. The summed E-state index contributed by atoms with van der Waals surface area (Å²) >= 11 is 11.8. The molecule has 1 atom stereocenters. The van der Waals surface area contributed by atoms with Gasteiger partial charge >= 0.3 is 0 Å². The topological polar surface area (TPSA) is 43.7 Å². The van der Waals surface area contributed by atoms with Gasteiger partial charge in [0, 0.05) is 23.1 Å². The first-order chi connectivity index (χ1) is 12.5. The van der Waals surface area contributed by atoms with Crippen LogP contribution in [0.4, 0.5) is 0 Å². The van der Waals surface area contributed by atoms with Gasteiger partial charge in [0.05, 0.1) is 12.1 Å². The summed E-state index contributed by atoms with van der Waals surface area (Å²) in [6.45, 7) is 2.08. The first-order valence-electron chi connectivity index (χ1n) is 8.59. The van der Waals surface area contributed by atoms with E-state index in [-0.39, 0.29) is 0 Å². The highest BCUT2D eigenvalue weighted by Crippen LogP contribution is 2.33. The highest BCUT2D eigenvalue weighted by Gasteiger charge is 2.33. The third-order valence-electron chi connectivity index (χ3n) is 4.79. The third-order valence-corrected chi connectivity index (χ3v) is 5.30. The average molecular weight is 390 g/mol. The van der Waals surface area contributed by atoms with Gasteiger partial charge in [-0.2, -0.15) is 0 Å². The van der Waals surface area contributed by atoms with E-state index in [1.165, 1.54) is 0 Å². The SMILES string of the molecule is OC(C#CCN1CCC(O)(c2ccc(Cl)cc2)CC1)c1ccc(Cl)cc1. The van der Waals surface area contributed by atoms with Crippen molar-refractivity contribution >= 4 is 23.2 Å². The van der Waals surface area contributed by atoms with Gasteiger partial charge in [0.25, 0.3) is 0 Å². The molecule has 0 aliphatic carbocycles. The summed E-state index contributed by atoms with van der Waals surface area (Å²) in [5.74, 6) is 5.90. The molecule has 3 rings (SSSR count). The number of aliphatic hydroxyl groups is 2. The van der Waals surface area contributed by atoms with Crippen molar-refractivity contribution in [2.24, 2.45) is 0 Å². The predicted molar refractivity (Wildman–Crippen MR) is 105 cm³/mol. The molecule has 1 heterocycles. The summed E-state index contributed by atoms with van der Waals surface area (Å²) in [6, 6.07) is 14.4. The number of hydrogen-bond donors (Lipinski definition) is 2. The predicted octanol–water partition coefficient (Wildman–Crippen LogP) is 4.01. The molecule has 1 fully saturated rings. The minimum atomic E-state index is -0.817. The number of halogens is 2. The average Bonchev–Trinajstić information content (AvgIpc) is 2.64. The largest absolute Gasteiger partial charge is 0.385 e. The molecule has 0 bridgehead atoms. The van der Waals surface area contributed by atoms with Crippen LogP contribution in [0.5, 0.6) is 0 Å². The third kappa shape index (κ3) is 4.79. The van der Waals surface area contributed by atoms with E-state index in [1.807, 2.05) is 24.3 Å². The van der Waals surface area contributed by atoms with Crippen molar-refractivity contribution in [1.29, 1.82) is 0 Å². The zero-order valence-electron chi connectivity index (χ0n) is 14.3. The van der Waals surface area contributed by atoms with Crippen LogP contribution in [0, 0.1) is 11.8 Å². The van der Waals surface area contributed by atoms with E-state index in [1.54, 1.807) is 24.3 Å². The Morgan fingerprint density at radius 2 is 1.50 bits per heavy atom. The molecule has 2 aromatic carbocycles. The van der Waals surface area contributed by atoms with Gasteiger partial charge in [-0.15, -0.1) is 0 Å². The maximum absolute atomic E-state index is 10.9. The van der Waals surface area contributed by atoms with Crippen molar-refractivity contribution in [3.8, 4) is 11.8 Å². The standard InChI is InChI=1S/C21H21Cl2NO2/c22-18-7-3-16(4-8-18)20(25)2-1-13-24-14-11-21(26,12-15-24)17-5-9-19(23)10-6-17/h3-10,20,25-26H,11-15H2. The van der Waals surface area contributed by atoms with E-state index in [9.17, 15) is 10.2 Å². The fourth-order valence-electron chi connectivity index (χ4n) is 3.11. The summed E-state index contributed by atoms with van der Waals surface area (Å²) in [5.41, 5.74) is 0.834. The number of rotatable bonds is 3. The maximum atomic E-state index is 10.9. The number of hydrogen-bond acceptors (Lipinski definition) is 3. The second-order valence-electron chi connectivity index (χ2n) is 6.59. The Balaban J connectivity index is 1.53. The molecule has 26 heavy (non-hydrogen) atoms. The molecular weight excluding hydrogens is 369 g/mol. The fourth-order valence-corrected chi connectivity index (χ4v) is 3.36. The molecule has 1 aliphatic heterocycles. The first kappa shape index (κ1) is 19.2. The molecule has 0 spiro atoms. The van der Waals surface area contributed by atoms with Gasteiger partial charge in [-0.05, 0) is 48.2 Å². The molecule has 2 N–H and O–H groups in total. The van der Waals surface area contributed by atoms with Crippen LogP contribution < -0.4 is 0 Å².